The number of carbonyl (C=O) groups is 1. The standard InChI is InChI=1S/C17H19NO4S/c19-17(20)13-5-8-15(9-6-13)18-23(21,22)16-10-7-12-3-1-2-4-14(12)11-16/h1-4,7,10-11,13,15,18H,5-6,8-9H2,(H,19,20). The van der Waals surface area contributed by atoms with E-state index in [9.17, 15) is 13.2 Å². The second-order valence-electron chi connectivity index (χ2n) is 6.02. The number of carboxylic acid groups (broad SMARTS) is 1. The Morgan fingerprint density at radius 3 is 2.30 bits per heavy atom. The van der Waals surface area contributed by atoms with Gasteiger partial charge in [0.2, 0.25) is 10.0 Å². The zero-order valence-electron chi connectivity index (χ0n) is 12.6. The highest BCUT2D eigenvalue weighted by atomic mass is 32.2. The molecule has 0 saturated heterocycles. The number of fused-ring (bicyclic) bond motifs is 1. The fourth-order valence-electron chi connectivity index (χ4n) is 3.08. The number of hydrogen-bond acceptors (Lipinski definition) is 3. The van der Waals surface area contributed by atoms with Gasteiger partial charge in [-0.2, -0.15) is 0 Å². The lowest BCUT2D eigenvalue weighted by molar-refractivity contribution is -0.142. The van der Waals surface area contributed by atoms with Gasteiger partial charge in [-0.1, -0.05) is 30.3 Å². The first-order valence-corrected chi connectivity index (χ1v) is 9.18. The van der Waals surface area contributed by atoms with Crippen LogP contribution in [0.2, 0.25) is 0 Å². The van der Waals surface area contributed by atoms with Gasteiger partial charge in [-0.3, -0.25) is 4.79 Å². The van der Waals surface area contributed by atoms with E-state index in [0.717, 1.165) is 10.8 Å². The zero-order valence-corrected chi connectivity index (χ0v) is 13.4. The van der Waals surface area contributed by atoms with Crippen LogP contribution in [0.1, 0.15) is 25.7 Å². The first-order valence-electron chi connectivity index (χ1n) is 7.70. The summed E-state index contributed by atoms with van der Waals surface area (Å²) < 4.78 is 27.8. The molecular weight excluding hydrogens is 314 g/mol. The number of nitrogens with one attached hydrogen (secondary N) is 1. The van der Waals surface area contributed by atoms with Crippen molar-refractivity contribution in [2.24, 2.45) is 5.92 Å². The predicted octanol–water partition coefficient (Wildman–Crippen LogP) is 2.76. The van der Waals surface area contributed by atoms with Gasteiger partial charge in [-0.05, 0) is 48.6 Å². The number of rotatable bonds is 4. The highest BCUT2D eigenvalue weighted by Crippen LogP contribution is 2.26. The SMILES string of the molecule is O=C(O)C1CCC(NS(=O)(=O)c2ccc3ccccc3c2)CC1. The summed E-state index contributed by atoms with van der Waals surface area (Å²) in [6.45, 7) is 0. The summed E-state index contributed by atoms with van der Waals surface area (Å²) in [5, 5.41) is 10.9. The number of aliphatic carboxylic acids is 1. The second-order valence-corrected chi connectivity index (χ2v) is 7.73. The first-order chi connectivity index (χ1) is 11.0. The van der Waals surface area contributed by atoms with Crippen molar-refractivity contribution in [1.29, 1.82) is 0 Å². The molecule has 5 nitrogen and oxygen atoms in total. The highest BCUT2D eigenvalue weighted by molar-refractivity contribution is 7.89. The highest BCUT2D eigenvalue weighted by Gasteiger charge is 2.28. The molecule has 6 heteroatoms. The molecule has 0 unspecified atom stereocenters. The van der Waals surface area contributed by atoms with Gasteiger partial charge in [0, 0.05) is 6.04 Å². The fourth-order valence-corrected chi connectivity index (χ4v) is 4.42. The van der Waals surface area contributed by atoms with E-state index in [4.69, 9.17) is 5.11 Å². The lowest BCUT2D eigenvalue weighted by Gasteiger charge is -2.26. The van der Waals surface area contributed by atoms with Crippen molar-refractivity contribution in [2.45, 2.75) is 36.6 Å². The molecule has 0 atom stereocenters. The number of sulfonamides is 1. The number of hydrogen-bond donors (Lipinski definition) is 2. The minimum Gasteiger partial charge on any atom is -0.481 e. The summed E-state index contributed by atoms with van der Waals surface area (Å²) in [5.74, 6) is -1.14. The zero-order chi connectivity index (χ0) is 16.4. The molecule has 1 saturated carbocycles. The molecule has 0 spiro atoms. The Kier molecular flexibility index (Phi) is 4.37. The third kappa shape index (κ3) is 3.54. The molecule has 1 aliphatic carbocycles. The Hall–Kier alpha value is -1.92. The lowest BCUT2D eigenvalue weighted by atomic mass is 9.87. The summed E-state index contributed by atoms with van der Waals surface area (Å²) in [6, 6.07) is 12.5. The average Bonchev–Trinajstić information content (AvgIpc) is 2.54. The summed E-state index contributed by atoms with van der Waals surface area (Å²) in [4.78, 5) is 11.2. The van der Waals surface area contributed by atoms with Crippen LogP contribution in [-0.4, -0.2) is 25.5 Å². The number of benzene rings is 2. The van der Waals surface area contributed by atoms with Gasteiger partial charge < -0.3 is 5.11 Å². The molecule has 0 bridgehead atoms. The van der Waals surface area contributed by atoms with Gasteiger partial charge in [0.25, 0.3) is 0 Å². The van der Waals surface area contributed by atoms with E-state index >= 15 is 0 Å². The van der Waals surface area contributed by atoms with Crippen LogP contribution >= 0.6 is 0 Å². The van der Waals surface area contributed by atoms with Crippen LogP contribution in [0, 0.1) is 5.92 Å². The average molecular weight is 333 g/mol. The molecule has 2 aromatic rings. The van der Waals surface area contributed by atoms with E-state index in [0.29, 0.717) is 25.7 Å². The summed E-state index contributed by atoms with van der Waals surface area (Å²) in [6.07, 6.45) is 2.15. The Bertz CT molecular complexity index is 823. The van der Waals surface area contributed by atoms with E-state index in [1.54, 1.807) is 18.2 Å². The Labute approximate surface area is 135 Å². The van der Waals surface area contributed by atoms with Crippen molar-refractivity contribution < 1.29 is 18.3 Å². The molecule has 23 heavy (non-hydrogen) atoms. The van der Waals surface area contributed by atoms with E-state index in [1.807, 2.05) is 24.3 Å². The molecule has 0 amide bonds. The summed E-state index contributed by atoms with van der Waals surface area (Å²) in [5.41, 5.74) is 0. The molecule has 0 heterocycles. The minimum atomic E-state index is -3.59. The molecule has 2 N–H and O–H groups in total. The molecule has 0 aliphatic heterocycles. The van der Waals surface area contributed by atoms with Crippen molar-refractivity contribution in [3.63, 3.8) is 0 Å². The topological polar surface area (TPSA) is 83.5 Å². The van der Waals surface area contributed by atoms with Crippen LogP contribution in [0.4, 0.5) is 0 Å². The van der Waals surface area contributed by atoms with Crippen LogP contribution in [0.15, 0.2) is 47.4 Å². The largest absolute Gasteiger partial charge is 0.481 e. The normalized spacial score (nSPS) is 22.1. The van der Waals surface area contributed by atoms with Crippen molar-refractivity contribution in [3.05, 3.63) is 42.5 Å². The summed E-state index contributed by atoms with van der Waals surface area (Å²) >= 11 is 0. The van der Waals surface area contributed by atoms with Gasteiger partial charge in [0.05, 0.1) is 10.8 Å². The van der Waals surface area contributed by atoms with Crippen LogP contribution in [0.3, 0.4) is 0 Å². The van der Waals surface area contributed by atoms with Crippen molar-refractivity contribution in [2.75, 3.05) is 0 Å². The van der Waals surface area contributed by atoms with Gasteiger partial charge in [0.15, 0.2) is 0 Å². The third-order valence-electron chi connectivity index (χ3n) is 4.43. The van der Waals surface area contributed by atoms with Crippen LogP contribution in [0.25, 0.3) is 10.8 Å². The van der Waals surface area contributed by atoms with Gasteiger partial charge in [-0.15, -0.1) is 0 Å². The molecule has 0 radical (unpaired) electrons. The van der Waals surface area contributed by atoms with Crippen LogP contribution in [-0.2, 0) is 14.8 Å². The van der Waals surface area contributed by atoms with Gasteiger partial charge >= 0.3 is 5.97 Å². The van der Waals surface area contributed by atoms with Crippen molar-refractivity contribution in [3.8, 4) is 0 Å². The van der Waals surface area contributed by atoms with Gasteiger partial charge in [0.1, 0.15) is 0 Å². The number of carboxylic acids is 1. The maximum atomic E-state index is 12.5. The molecule has 1 aliphatic rings. The molecule has 1 fully saturated rings. The Morgan fingerprint density at radius 2 is 1.65 bits per heavy atom. The van der Waals surface area contributed by atoms with Crippen LogP contribution < -0.4 is 4.72 Å². The molecular formula is C17H19NO4S. The quantitative estimate of drug-likeness (QED) is 0.901. The molecule has 122 valence electrons. The Morgan fingerprint density at radius 1 is 1.00 bits per heavy atom. The third-order valence-corrected chi connectivity index (χ3v) is 5.95. The molecule has 0 aromatic heterocycles. The van der Waals surface area contributed by atoms with Crippen LogP contribution in [0.5, 0.6) is 0 Å². The minimum absolute atomic E-state index is 0.193. The van der Waals surface area contributed by atoms with Crippen molar-refractivity contribution in [1.82, 2.24) is 4.72 Å². The predicted molar refractivity (Wildman–Crippen MR) is 87.7 cm³/mol. The Balaban J connectivity index is 1.74. The smallest absolute Gasteiger partial charge is 0.306 e. The van der Waals surface area contributed by atoms with E-state index in [2.05, 4.69) is 4.72 Å². The monoisotopic (exact) mass is 333 g/mol. The maximum absolute atomic E-state index is 12.5. The first kappa shape index (κ1) is 16.0. The maximum Gasteiger partial charge on any atom is 0.306 e. The van der Waals surface area contributed by atoms with E-state index in [-0.39, 0.29) is 16.9 Å². The lowest BCUT2D eigenvalue weighted by Crippen LogP contribution is -2.38. The van der Waals surface area contributed by atoms with Crippen molar-refractivity contribution >= 4 is 26.8 Å². The van der Waals surface area contributed by atoms with E-state index < -0.39 is 16.0 Å². The van der Waals surface area contributed by atoms with Gasteiger partial charge in [-0.25, -0.2) is 13.1 Å². The molecule has 3 rings (SSSR count). The molecule has 2 aromatic carbocycles. The second kappa shape index (κ2) is 6.29. The van der Waals surface area contributed by atoms with E-state index in [1.165, 1.54) is 0 Å². The fraction of sp³-hybridized carbons (Fsp3) is 0.353. The summed E-state index contributed by atoms with van der Waals surface area (Å²) in [7, 11) is -3.59.